The van der Waals surface area contributed by atoms with Crippen LogP contribution in [0.5, 0.6) is 0 Å². The van der Waals surface area contributed by atoms with Crippen LogP contribution in [-0.2, 0) is 65.4 Å². The average Bonchev–Trinajstić information content (AvgIpc) is 3.68. The molecule has 0 amide bonds. The van der Waals surface area contributed by atoms with E-state index in [9.17, 15) is 43.2 Å². The summed E-state index contributed by atoms with van der Waals surface area (Å²) in [5.74, 6) is 0.798. The zero-order valence-electron chi connectivity index (χ0n) is 56.6. The Labute approximate surface area is 530 Å². The number of rotatable bonds is 65. The van der Waals surface area contributed by atoms with Crippen LogP contribution in [-0.4, -0.2) is 96.7 Å². The molecule has 516 valence electrons. The molecule has 0 fully saturated rings. The van der Waals surface area contributed by atoms with Gasteiger partial charge in [0.15, 0.2) is 12.2 Å². The van der Waals surface area contributed by atoms with Crippen LogP contribution in [0.15, 0.2) is 0 Å². The molecule has 0 aliphatic heterocycles. The Morgan fingerprint density at radius 2 is 0.552 bits per heavy atom. The third-order valence-corrected chi connectivity index (χ3v) is 17.8. The predicted molar refractivity (Wildman–Crippen MR) is 349 cm³/mol. The van der Waals surface area contributed by atoms with Crippen LogP contribution in [0.3, 0.4) is 0 Å². The first kappa shape index (κ1) is 85.1. The van der Waals surface area contributed by atoms with Gasteiger partial charge in [0.1, 0.15) is 19.3 Å². The molecule has 0 aromatic heterocycles. The third kappa shape index (κ3) is 61.3. The smallest absolute Gasteiger partial charge is 0.462 e. The molecule has 0 radical (unpaired) electrons. The maximum atomic E-state index is 13.0. The summed E-state index contributed by atoms with van der Waals surface area (Å²) in [5, 5.41) is 10.6. The fraction of sp³-hybridized carbons (Fsp3) is 0.941. The van der Waals surface area contributed by atoms with E-state index in [1.807, 2.05) is 0 Å². The zero-order chi connectivity index (χ0) is 64.7. The van der Waals surface area contributed by atoms with E-state index < -0.39 is 97.5 Å². The van der Waals surface area contributed by atoms with Crippen LogP contribution in [0.1, 0.15) is 331 Å². The summed E-state index contributed by atoms with van der Waals surface area (Å²) < 4.78 is 68.1. The number of carbonyl (C=O) groups is 4. The summed E-state index contributed by atoms with van der Waals surface area (Å²) in [6.07, 6.45) is 39.1. The molecule has 3 unspecified atom stereocenters. The molecule has 0 heterocycles. The van der Waals surface area contributed by atoms with Crippen LogP contribution in [0.25, 0.3) is 0 Å². The number of phosphoric ester groups is 2. The molecule has 0 aliphatic carbocycles. The lowest BCUT2D eigenvalue weighted by Gasteiger charge is -2.21. The van der Waals surface area contributed by atoms with Crippen molar-refractivity contribution in [2.75, 3.05) is 39.6 Å². The van der Waals surface area contributed by atoms with Gasteiger partial charge >= 0.3 is 39.5 Å². The molecule has 17 nitrogen and oxygen atoms in total. The van der Waals surface area contributed by atoms with Crippen molar-refractivity contribution in [3.8, 4) is 0 Å². The monoisotopic (exact) mass is 1280 g/mol. The lowest BCUT2D eigenvalue weighted by Crippen LogP contribution is -2.30. The molecule has 0 rings (SSSR count). The number of aliphatic hydroxyl groups excluding tert-OH is 1. The third-order valence-electron chi connectivity index (χ3n) is 15.9. The Morgan fingerprint density at radius 1 is 0.322 bits per heavy atom. The molecule has 0 saturated carbocycles. The molecular formula is C68H132O17P2. The van der Waals surface area contributed by atoms with Gasteiger partial charge in [-0.25, -0.2) is 9.13 Å². The van der Waals surface area contributed by atoms with Gasteiger partial charge in [0.25, 0.3) is 0 Å². The number of esters is 4. The topological polar surface area (TPSA) is 237 Å². The first-order chi connectivity index (χ1) is 41.6. The summed E-state index contributed by atoms with van der Waals surface area (Å²) in [4.78, 5) is 72.4. The summed E-state index contributed by atoms with van der Waals surface area (Å²) in [6, 6.07) is 0. The SMILES string of the molecule is CCC(C)CCCCCCCCC(=O)OC[C@H](COP(=O)(O)OC[C@@H](O)COP(=O)(O)OC[C@@H](COC(=O)CCCCCCCCC(C)C)OC(=O)CCCCCCCCCCCCCCCC(C)C)OC(=O)CCCCCCCCCCCC(C)C. The van der Waals surface area contributed by atoms with Crippen molar-refractivity contribution in [2.45, 2.75) is 350 Å². The van der Waals surface area contributed by atoms with Crippen molar-refractivity contribution in [1.29, 1.82) is 0 Å². The van der Waals surface area contributed by atoms with Gasteiger partial charge in [-0.05, 0) is 49.4 Å². The van der Waals surface area contributed by atoms with E-state index in [1.165, 1.54) is 122 Å². The average molecular weight is 1280 g/mol. The number of ether oxygens (including phenoxy) is 4. The molecule has 0 saturated heterocycles. The molecule has 0 bridgehead atoms. The van der Waals surface area contributed by atoms with Gasteiger partial charge in [-0.15, -0.1) is 0 Å². The largest absolute Gasteiger partial charge is 0.472 e. The summed E-state index contributed by atoms with van der Waals surface area (Å²) in [5.41, 5.74) is 0. The van der Waals surface area contributed by atoms with Crippen LogP contribution in [0, 0.1) is 23.7 Å². The van der Waals surface area contributed by atoms with E-state index in [1.54, 1.807) is 0 Å². The van der Waals surface area contributed by atoms with Gasteiger partial charge in [0.2, 0.25) is 0 Å². The molecule has 19 heteroatoms. The summed E-state index contributed by atoms with van der Waals surface area (Å²) >= 11 is 0. The number of phosphoric acid groups is 2. The van der Waals surface area contributed by atoms with Crippen molar-refractivity contribution in [3.63, 3.8) is 0 Å². The van der Waals surface area contributed by atoms with Gasteiger partial charge in [-0.2, -0.15) is 0 Å². The van der Waals surface area contributed by atoms with E-state index >= 15 is 0 Å². The molecule has 0 spiro atoms. The Bertz CT molecular complexity index is 1730. The maximum absolute atomic E-state index is 13.0. The van der Waals surface area contributed by atoms with Crippen molar-refractivity contribution in [3.05, 3.63) is 0 Å². The lowest BCUT2D eigenvalue weighted by molar-refractivity contribution is -0.161. The fourth-order valence-corrected chi connectivity index (χ4v) is 11.7. The second-order valence-corrected chi connectivity index (χ2v) is 29.1. The Balaban J connectivity index is 5.23. The lowest BCUT2D eigenvalue weighted by atomic mass is 10.00. The molecular weight excluding hydrogens is 1150 g/mol. The van der Waals surface area contributed by atoms with Gasteiger partial charge in [-0.1, -0.05) is 280 Å². The van der Waals surface area contributed by atoms with Crippen molar-refractivity contribution < 1.29 is 80.2 Å². The highest BCUT2D eigenvalue weighted by Crippen LogP contribution is 2.45. The maximum Gasteiger partial charge on any atom is 0.472 e. The number of hydrogen-bond donors (Lipinski definition) is 3. The standard InChI is InChI=1S/C68H132O17P2/c1-9-61(8)47-39-31-25-27-33-41-49-66(71)79-55-64(85-68(73)51-43-35-23-19-15-17-21-29-37-45-59(4)5)57-83-87(76,77)81-53-62(69)52-80-86(74,75)82-56-63(54-78-65(70)48-40-32-26-24-30-38-46-60(6)7)84-67(72)50-42-34-22-18-14-12-10-11-13-16-20-28-36-44-58(2)3/h58-64,69H,9-57H2,1-8H3,(H,74,75)(H,76,77)/t61?,62-,63+,64+/m0/s1. The quantitative estimate of drug-likeness (QED) is 0.0222. The summed E-state index contributed by atoms with van der Waals surface area (Å²) in [7, 11) is -9.90. The first-order valence-electron chi connectivity index (χ1n) is 35.2. The van der Waals surface area contributed by atoms with E-state index in [0.29, 0.717) is 31.6 Å². The zero-order valence-corrected chi connectivity index (χ0v) is 58.4. The van der Waals surface area contributed by atoms with Gasteiger partial charge in [-0.3, -0.25) is 37.3 Å². The molecule has 87 heavy (non-hydrogen) atoms. The van der Waals surface area contributed by atoms with Crippen molar-refractivity contribution >= 4 is 39.5 Å². The minimum atomic E-state index is -4.95. The number of hydrogen-bond acceptors (Lipinski definition) is 15. The minimum Gasteiger partial charge on any atom is -0.462 e. The molecule has 0 aliphatic rings. The fourth-order valence-electron chi connectivity index (χ4n) is 10.1. The summed E-state index contributed by atoms with van der Waals surface area (Å²) in [6.45, 7) is 14.0. The number of aliphatic hydroxyl groups is 1. The second kappa shape index (κ2) is 57.9. The highest BCUT2D eigenvalue weighted by molar-refractivity contribution is 7.47. The Morgan fingerprint density at radius 3 is 0.816 bits per heavy atom. The van der Waals surface area contributed by atoms with Crippen LogP contribution < -0.4 is 0 Å². The van der Waals surface area contributed by atoms with Gasteiger partial charge in [0.05, 0.1) is 26.4 Å². The Hall–Kier alpha value is -1.94. The van der Waals surface area contributed by atoms with Crippen molar-refractivity contribution in [2.24, 2.45) is 23.7 Å². The molecule has 6 atom stereocenters. The number of unbranched alkanes of at least 4 members (excludes halogenated alkanes) is 30. The van der Waals surface area contributed by atoms with Gasteiger partial charge < -0.3 is 33.8 Å². The first-order valence-corrected chi connectivity index (χ1v) is 38.2. The van der Waals surface area contributed by atoms with Gasteiger partial charge in [0, 0.05) is 25.7 Å². The molecule has 0 aromatic rings. The van der Waals surface area contributed by atoms with E-state index in [2.05, 4.69) is 55.4 Å². The minimum absolute atomic E-state index is 0.104. The highest BCUT2D eigenvalue weighted by atomic mass is 31.2. The van der Waals surface area contributed by atoms with Crippen LogP contribution in [0.2, 0.25) is 0 Å². The van der Waals surface area contributed by atoms with E-state index in [-0.39, 0.29) is 25.7 Å². The second-order valence-electron chi connectivity index (χ2n) is 26.2. The molecule has 3 N–H and O–H groups in total. The highest BCUT2D eigenvalue weighted by Gasteiger charge is 2.30. The Kier molecular flexibility index (Phi) is 56.6. The van der Waals surface area contributed by atoms with Crippen LogP contribution >= 0.6 is 15.6 Å². The number of carbonyl (C=O) groups excluding carboxylic acids is 4. The molecule has 0 aromatic carbocycles. The predicted octanol–water partition coefficient (Wildman–Crippen LogP) is 18.9. The van der Waals surface area contributed by atoms with Crippen molar-refractivity contribution in [1.82, 2.24) is 0 Å². The normalized spacial score (nSPS) is 14.6. The van der Waals surface area contributed by atoms with Crippen LogP contribution in [0.4, 0.5) is 0 Å². The van der Waals surface area contributed by atoms with E-state index in [4.69, 9.17) is 37.0 Å². The van der Waals surface area contributed by atoms with E-state index in [0.717, 1.165) is 120 Å².